The number of unbranched alkanes of at least 4 members (excludes halogenated alkanes) is 1. The summed E-state index contributed by atoms with van der Waals surface area (Å²) in [7, 11) is 0. The number of allylic oxidation sites excluding steroid dienone is 6. The zero-order valence-corrected chi connectivity index (χ0v) is 30.9. The van der Waals surface area contributed by atoms with Crippen molar-refractivity contribution in [3.8, 4) is 5.75 Å². The molecule has 0 spiro atoms. The molecule has 1 aromatic carbocycles. The number of ether oxygens (including phenoxy) is 2. The van der Waals surface area contributed by atoms with Gasteiger partial charge in [-0.2, -0.15) is 8.78 Å². The second kappa shape index (κ2) is 15.7. The minimum atomic E-state index is -3.26. The second-order valence-electron chi connectivity index (χ2n) is 16.4. The molecule has 288 valence electrons. The number of alkyl halides is 2. The Morgan fingerprint density at radius 2 is 1.81 bits per heavy atom. The number of ketones is 2. The number of para-hydroxylation sites is 1. The Kier molecular flexibility index (Phi) is 11.6. The summed E-state index contributed by atoms with van der Waals surface area (Å²) < 4.78 is 39.6. The quantitative estimate of drug-likeness (QED) is 0.106. The van der Waals surface area contributed by atoms with Crippen LogP contribution in [0.4, 0.5) is 8.78 Å². The molecule has 1 aromatic rings. The van der Waals surface area contributed by atoms with Gasteiger partial charge < -0.3 is 24.8 Å². The smallest absolute Gasteiger partial charge is 0.306 e. The van der Waals surface area contributed by atoms with E-state index in [9.17, 15) is 38.5 Å². The van der Waals surface area contributed by atoms with Gasteiger partial charge in [-0.1, -0.05) is 67.5 Å². The molecule has 0 heterocycles. The van der Waals surface area contributed by atoms with E-state index >= 15 is 0 Å². The van der Waals surface area contributed by atoms with Gasteiger partial charge in [0.2, 0.25) is 5.78 Å². The number of benzene rings is 1. The first-order valence-corrected chi connectivity index (χ1v) is 19.3. The number of hydrogen-bond donors (Lipinski definition) is 3. The van der Waals surface area contributed by atoms with Crippen LogP contribution in [0.2, 0.25) is 0 Å². The standard InChI is InChI=1S/C43H54F2O8/c1-40-20-16-29(46)24-28(40)14-15-33-34(40)18-21-41(2)35(33)19-23-43(41,51)38(49)26-52-39(50)13-9-4-3-8-12-31-32(37(48)25-36(31)47)17-22-42(44,45)27-53-30-10-6-5-7-11-30/h3,5-8,10-11,17-18,22,24,31-33,35-37,47-48,51H,4,9,12-16,19-21,23,25-27H2,1-2H3/b8-3-,22-17+/t31-,32-,33-,35+,36+,37-,40?,41?,43+/m1/s1. The van der Waals surface area contributed by atoms with Crippen molar-refractivity contribution in [1.29, 1.82) is 0 Å². The van der Waals surface area contributed by atoms with Crippen LogP contribution in [0.25, 0.3) is 0 Å². The summed E-state index contributed by atoms with van der Waals surface area (Å²) in [5.74, 6) is -4.42. The molecule has 3 saturated carbocycles. The second-order valence-corrected chi connectivity index (χ2v) is 16.4. The average molecular weight is 737 g/mol. The predicted octanol–water partition coefficient (Wildman–Crippen LogP) is 7.03. The number of halogens is 2. The van der Waals surface area contributed by atoms with Crippen molar-refractivity contribution in [3.63, 3.8) is 0 Å². The Labute approximate surface area is 311 Å². The number of Topliss-reactive ketones (excluding diaryl/α,β-unsaturated/α-hetero) is 1. The molecule has 0 bridgehead atoms. The van der Waals surface area contributed by atoms with Crippen molar-refractivity contribution in [2.45, 2.75) is 115 Å². The van der Waals surface area contributed by atoms with Gasteiger partial charge in [-0.3, -0.25) is 14.4 Å². The fraction of sp³-hybridized carbons (Fsp3) is 0.605. The van der Waals surface area contributed by atoms with Gasteiger partial charge in [0.1, 0.15) is 11.4 Å². The van der Waals surface area contributed by atoms with Crippen molar-refractivity contribution in [3.05, 3.63) is 77.9 Å². The number of esters is 1. The molecule has 6 rings (SSSR count). The number of aliphatic hydroxyl groups excluding tert-OH is 2. The van der Waals surface area contributed by atoms with Crippen molar-refractivity contribution < 1.29 is 48.0 Å². The van der Waals surface area contributed by atoms with Crippen LogP contribution in [0.1, 0.15) is 90.9 Å². The first kappa shape index (κ1) is 39.2. The Hall–Kier alpha value is -3.47. The maximum absolute atomic E-state index is 14.5. The van der Waals surface area contributed by atoms with E-state index in [1.165, 1.54) is 17.2 Å². The van der Waals surface area contributed by atoms with Crippen LogP contribution >= 0.6 is 0 Å². The topological polar surface area (TPSA) is 130 Å². The van der Waals surface area contributed by atoms with Crippen LogP contribution in [0.15, 0.2) is 77.9 Å². The third kappa shape index (κ3) is 8.01. The number of carbonyl (C=O) groups excluding carboxylic acids is 3. The van der Waals surface area contributed by atoms with E-state index in [4.69, 9.17) is 9.47 Å². The molecule has 5 aliphatic carbocycles. The molecular weight excluding hydrogens is 682 g/mol. The van der Waals surface area contributed by atoms with Crippen molar-refractivity contribution in [2.75, 3.05) is 13.2 Å². The summed E-state index contributed by atoms with van der Waals surface area (Å²) in [5, 5.41) is 32.9. The summed E-state index contributed by atoms with van der Waals surface area (Å²) in [6.45, 7) is 2.92. The van der Waals surface area contributed by atoms with Gasteiger partial charge in [0, 0.05) is 36.0 Å². The van der Waals surface area contributed by atoms with E-state index in [1.807, 2.05) is 25.2 Å². The summed E-state index contributed by atoms with van der Waals surface area (Å²) in [6, 6.07) is 8.33. The normalized spacial score (nSPS) is 35.4. The van der Waals surface area contributed by atoms with Crippen LogP contribution in [-0.4, -0.2) is 69.8 Å². The Morgan fingerprint density at radius 3 is 2.58 bits per heavy atom. The van der Waals surface area contributed by atoms with Gasteiger partial charge in [-0.25, -0.2) is 0 Å². The zero-order chi connectivity index (χ0) is 38.0. The molecule has 9 atom stereocenters. The lowest BCUT2D eigenvalue weighted by molar-refractivity contribution is -0.163. The highest BCUT2D eigenvalue weighted by Crippen LogP contribution is 2.65. The number of hydrogen-bond acceptors (Lipinski definition) is 8. The average Bonchev–Trinajstić information content (AvgIpc) is 3.57. The van der Waals surface area contributed by atoms with Gasteiger partial charge in [0.25, 0.3) is 5.92 Å². The molecule has 10 heteroatoms. The Balaban J connectivity index is 0.943. The van der Waals surface area contributed by atoms with E-state index in [0.29, 0.717) is 44.3 Å². The molecule has 0 aromatic heterocycles. The van der Waals surface area contributed by atoms with Crippen molar-refractivity contribution in [2.24, 2.45) is 34.5 Å². The van der Waals surface area contributed by atoms with Gasteiger partial charge in [-0.05, 0) is 99.8 Å². The fourth-order valence-electron chi connectivity index (χ4n) is 10.1. The highest BCUT2D eigenvalue weighted by Gasteiger charge is 2.64. The summed E-state index contributed by atoms with van der Waals surface area (Å²) in [6.07, 6.45) is 14.2. The van der Waals surface area contributed by atoms with Crippen molar-refractivity contribution >= 4 is 17.5 Å². The molecule has 8 nitrogen and oxygen atoms in total. The van der Waals surface area contributed by atoms with Crippen LogP contribution in [0.3, 0.4) is 0 Å². The molecule has 3 N–H and O–H groups in total. The molecule has 0 aliphatic heterocycles. The molecule has 0 amide bonds. The first-order chi connectivity index (χ1) is 25.2. The van der Waals surface area contributed by atoms with Crippen LogP contribution in [0, 0.1) is 34.5 Å². The van der Waals surface area contributed by atoms with Gasteiger partial charge in [0.15, 0.2) is 19.0 Å². The minimum Gasteiger partial charge on any atom is -0.487 e. The molecule has 0 radical (unpaired) electrons. The Morgan fingerprint density at radius 1 is 1.04 bits per heavy atom. The molecule has 3 fully saturated rings. The monoisotopic (exact) mass is 736 g/mol. The highest BCUT2D eigenvalue weighted by atomic mass is 19.3. The van der Waals surface area contributed by atoms with Gasteiger partial charge in [0.05, 0.1) is 12.2 Å². The lowest BCUT2D eigenvalue weighted by atomic mass is 9.50. The van der Waals surface area contributed by atoms with E-state index < -0.39 is 65.9 Å². The van der Waals surface area contributed by atoms with E-state index in [2.05, 4.69) is 13.0 Å². The third-order valence-electron chi connectivity index (χ3n) is 13.3. The molecule has 5 aliphatic rings. The number of rotatable bonds is 14. The van der Waals surface area contributed by atoms with E-state index in [0.717, 1.165) is 31.8 Å². The maximum atomic E-state index is 14.5. The maximum Gasteiger partial charge on any atom is 0.306 e. The lowest BCUT2D eigenvalue weighted by Crippen LogP contribution is -2.55. The van der Waals surface area contributed by atoms with Gasteiger partial charge >= 0.3 is 5.97 Å². The highest BCUT2D eigenvalue weighted by molar-refractivity contribution is 5.92. The van der Waals surface area contributed by atoms with E-state index in [-0.39, 0.29) is 35.9 Å². The van der Waals surface area contributed by atoms with Crippen molar-refractivity contribution in [1.82, 2.24) is 0 Å². The summed E-state index contributed by atoms with van der Waals surface area (Å²) in [5.41, 5.74) is 0.202. The Bertz CT molecular complexity index is 1650. The SMILES string of the molecule is CC12CCC(=O)C=C1CC[C@@H]1C2=CCC2(C)[C@H]1CC[C@]2(O)C(=O)COC(=O)CCC/C=C\C[C@@H]1[C@@H](/C=C/C(F)(F)COc2ccccc2)[C@H](O)C[C@@H]1O. The van der Waals surface area contributed by atoms with Crippen LogP contribution < -0.4 is 4.74 Å². The van der Waals surface area contributed by atoms with Gasteiger partial charge in [-0.15, -0.1) is 0 Å². The minimum absolute atomic E-state index is 0.0807. The predicted molar refractivity (Wildman–Crippen MR) is 195 cm³/mol. The number of carbonyl (C=O) groups is 3. The summed E-state index contributed by atoms with van der Waals surface area (Å²) >= 11 is 0. The number of aliphatic hydroxyl groups is 3. The lowest BCUT2D eigenvalue weighted by Gasteiger charge is -2.54. The van der Waals surface area contributed by atoms with Crippen LogP contribution in [-0.2, 0) is 19.1 Å². The largest absolute Gasteiger partial charge is 0.487 e. The van der Waals surface area contributed by atoms with E-state index in [1.54, 1.807) is 30.3 Å². The van der Waals surface area contributed by atoms with Crippen LogP contribution in [0.5, 0.6) is 5.75 Å². The summed E-state index contributed by atoms with van der Waals surface area (Å²) in [4.78, 5) is 38.3. The zero-order valence-electron chi connectivity index (χ0n) is 30.9. The first-order valence-electron chi connectivity index (χ1n) is 19.3. The fourth-order valence-corrected chi connectivity index (χ4v) is 10.1. The molecule has 0 saturated heterocycles. The third-order valence-corrected chi connectivity index (χ3v) is 13.3. The number of fused-ring (bicyclic) bond motifs is 5. The molecule has 2 unspecified atom stereocenters. The molecule has 53 heavy (non-hydrogen) atoms. The molecular formula is C43H54F2O8.